The molecule has 0 saturated heterocycles. The number of nitrogens with one attached hydrogen (secondary N) is 1. The second-order valence-corrected chi connectivity index (χ2v) is 6.12. The molecular formula is C18H18BrF2NO4. The number of ether oxygens (including phenoxy) is 3. The number of methoxy groups -OCH3 is 1. The van der Waals surface area contributed by atoms with E-state index in [9.17, 15) is 13.6 Å². The molecule has 0 aromatic heterocycles. The van der Waals surface area contributed by atoms with E-state index >= 15 is 0 Å². The predicted octanol–water partition coefficient (Wildman–Crippen LogP) is 4.86. The highest BCUT2D eigenvalue weighted by Crippen LogP contribution is 2.31. The Morgan fingerprint density at radius 3 is 2.69 bits per heavy atom. The number of amides is 1. The van der Waals surface area contributed by atoms with Crippen LogP contribution in [-0.4, -0.2) is 26.2 Å². The predicted molar refractivity (Wildman–Crippen MR) is 97.1 cm³/mol. The lowest BCUT2D eigenvalue weighted by Gasteiger charge is -2.12. The van der Waals surface area contributed by atoms with Gasteiger partial charge < -0.3 is 19.5 Å². The molecule has 0 aliphatic heterocycles. The van der Waals surface area contributed by atoms with Crippen LogP contribution in [0.15, 0.2) is 46.9 Å². The van der Waals surface area contributed by atoms with E-state index < -0.39 is 6.61 Å². The lowest BCUT2D eigenvalue weighted by atomic mass is 10.2. The van der Waals surface area contributed by atoms with Gasteiger partial charge in [0.1, 0.15) is 5.75 Å². The zero-order valence-electron chi connectivity index (χ0n) is 14.0. The van der Waals surface area contributed by atoms with Gasteiger partial charge in [0.2, 0.25) is 5.91 Å². The van der Waals surface area contributed by atoms with Gasteiger partial charge in [0.05, 0.1) is 13.7 Å². The molecule has 1 amide bonds. The van der Waals surface area contributed by atoms with Gasteiger partial charge in [-0.3, -0.25) is 4.79 Å². The van der Waals surface area contributed by atoms with Crippen LogP contribution in [0.25, 0.3) is 0 Å². The number of alkyl halides is 2. The van der Waals surface area contributed by atoms with Gasteiger partial charge >= 0.3 is 6.61 Å². The van der Waals surface area contributed by atoms with Crippen molar-refractivity contribution in [2.75, 3.05) is 19.0 Å². The summed E-state index contributed by atoms with van der Waals surface area (Å²) in [7, 11) is 1.34. The third kappa shape index (κ3) is 6.51. The summed E-state index contributed by atoms with van der Waals surface area (Å²) in [6.45, 7) is -2.60. The first kappa shape index (κ1) is 20.0. The minimum Gasteiger partial charge on any atom is -0.494 e. The Bertz CT molecular complexity index is 743. The lowest BCUT2D eigenvalue weighted by Crippen LogP contribution is -2.13. The molecule has 2 aromatic carbocycles. The number of carbonyl (C=O) groups is 1. The number of halogens is 3. The van der Waals surface area contributed by atoms with Crippen LogP contribution in [0.2, 0.25) is 0 Å². The number of hydrogen-bond donors (Lipinski definition) is 1. The quantitative estimate of drug-likeness (QED) is 0.578. The van der Waals surface area contributed by atoms with Crippen LogP contribution >= 0.6 is 15.9 Å². The second-order valence-electron chi connectivity index (χ2n) is 5.20. The summed E-state index contributed by atoms with van der Waals surface area (Å²) < 4.78 is 40.6. The van der Waals surface area contributed by atoms with Gasteiger partial charge in [-0.2, -0.15) is 8.78 Å². The van der Waals surface area contributed by atoms with Crippen molar-refractivity contribution in [2.45, 2.75) is 19.5 Å². The largest absolute Gasteiger partial charge is 0.494 e. The third-order valence-electron chi connectivity index (χ3n) is 3.28. The molecule has 0 fully saturated rings. The van der Waals surface area contributed by atoms with E-state index in [1.807, 2.05) is 24.3 Å². The summed E-state index contributed by atoms with van der Waals surface area (Å²) in [6.07, 6.45) is 0.736. The first-order chi connectivity index (χ1) is 12.5. The Morgan fingerprint density at radius 2 is 2.00 bits per heavy atom. The van der Waals surface area contributed by atoms with Crippen molar-refractivity contribution in [3.05, 3.63) is 46.9 Å². The Hall–Kier alpha value is -2.35. The molecule has 0 atom stereocenters. The van der Waals surface area contributed by atoms with Crippen molar-refractivity contribution in [1.82, 2.24) is 0 Å². The summed E-state index contributed by atoms with van der Waals surface area (Å²) in [5.41, 5.74) is 0.347. The highest BCUT2D eigenvalue weighted by molar-refractivity contribution is 9.10. The number of hydrogen-bond acceptors (Lipinski definition) is 4. The summed E-state index contributed by atoms with van der Waals surface area (Å²) in [4.78, 5) is 12.0. The van der Waals surface area contributed by atoms with Crippen LogP contribution in [0.5, 0.6) is 17.2 Å². The number of carbonyl (C=O) groups excluding carboxylic acids is 1. The molecule has 140 valence electrons. The number of anilines is 1. The van der Waals surface area contributed by atoms with E-state index in [2.05, 4.69) is 26.0 Å². The minimum atomic E-state index is -2.98. The second kappa shape index (κ2) is 9.96. The van der Waals surface area contributed by atoms with Gasteiger partial charge in [0, 0.05) is 22.6 Å². The van der Waals surface area contributed by atoms with Crippen LogP contribution in [0.3, 0.4) is 0 Å². The average molecular weight is 430 g/mol. The smallest absolute Gasteiger partial charge is 0.387 e. The van der Waals surface area contributed by atoms with E-state index in [0.29, 0.717) is 24.5 Å². The fourth-order valence-corrected chi connectivity index (χ4v) is 2.52. The van der Waals surface area contributed by atoms with E-state index in [-0.39, 0.29) is 23.8 Å². The van der Waals surface area contributed by atoms with Gasteiger partial charge in [-0.15, -0.1) is 0 Å². The van der Waals surface area contributed by atoms with Crippen LogP contribution in [0.4, 0.5) is 14.5 Å². The SMILES string of the molecule is COc1ccc(NC(=O)CCCOc2cccc(Br)c2)cc1OC(F)F. The molecular weight excluding hydrogens is 412 g/mol. The summed E-state index contributed by atoms with van der Waals surface area (Å²) >= 11 is 3.35. The highest BCUT2D eigenvalue weighted by atomic mass is 79.9. The standard InChI is InChI=1S/C18H18BrF2NO4/c1-24-15-8-7-13(11-16(15)26-18(20)21)22-17(23)6-3-9-25-14-5-2-4-12(19)10-14/h2,4-5,7-8,10-11,18H,3,6,9H2,1H3,(H,22,23). The molecule has 0 aliphatic carbocycles. The molecule has 0 unspecified atom stereocenters. The van der Waals surface area contributed by atoms with Crippen molar-refractivity contribution in [3.8, 4) is 17.2 Å². The third-order valence-corrected chi connectivity index (χ3v) is 3.77. The van der Waals surface area contributed by atoms with Gasteiger partial charge in [-0.1, -0.05) is 22.0 Å². The molecule has 0 radical (unpaired) electrons. The van der Waals surface area contributed by atoms with Gasteiger partial charge in [-0.05, 0) is 36.8 Å². The summed E-state index contributed by atoms with van der Waals surface area (Å²) in [5.74, 6) is 0.476. The van der Waals surface area contributed by atoms with Crippen molar-refractivity contribution in [2.24, 2.45) is 0 Å². The van der Waals surface area contributed by atoms with Crippen molar-refractivity contribution >= 4 is 27.5 Å². The zero-order chi connectivity index (χ0) is 18.9. The summed E-state index contributed by atoms with van der Waals surface area (Å²) in [6, 6.07) is 11.7. The Kier molecular flexibility index (Phi) is 7.65. The minimum absolute atomic E-state index is 0.140. The van der Waals surface area contributed by atoms with Crippen LogP contribution < -0.4 is 19.5 Å². The normalized spacial score (nSPS) is 10.5. The maximum absolute atomic E-state index is 12.4. The van der Waals surface area contributed by atoms with Gasteiger partial charge in [0.15, 0.2) is 11.5 Å². The molecule has 26 heavy (non-hydrogen) atoms. The van der Waals surface area contributed by atoms with Crippen LogP contribution in [0.1, 0.15) is 12.8 Å². The maximum atomic E-state index is 12.4. The molecule has 0 saturated carbocycles. The van der Waals surface area contributed by atoms with Gasteiger partial charge in [0.25, 0.3) is 0 Å². The van der Waals surface area contributed by atoms with Crippen LogP contribution in [-0.2, 0) is 4.79 Å². The Morgan fingerprint density at radius 1 is 1.19 bits per heavy atom. The Balaban J connectivity index is 1.81. The average Bonchev–Trinajstić information content (AvgIpc) is 2.58. The van der Waals surface area contributed by atoms with E-state index in [1.54, 1.807) is 6.07 Å². The zero-order valence-corrected chi connectivity index (χ0v) is 15.6. The fourth-order valence-electron chi connectivity index (χ4n) is 2.15. The molecule has 2 aromatic rings. The molecule has 5 nitrogen and oxygen atoms in total. The molecule has 0 spiro atoms. The summed E-state index contributed by atoms with van der Waals surface area (Å²) in [5, 5.41) is 2.63. The molecule has 0 heterocycles. The van der Waals surface area contributed by atoms with Crippen molar-refractivity contribution < 1.29 is 27.8 Å². The van der Waals surface area contributed by atoms with Gasteiger partial charge in [-0.25, -0.2) is 0 Å². The molecule has 1 N–H and O–H groups in total. The first-order valence-corrected chi connectivity index (χ1v) is 8.58. The fraction of sp³-hybridized carbons (Fsp3) is 0.278. The lowest BCUT2D eigenvalue weighted by molar-refractivity contribution is -0.116. The molecule has 2 rings (SSSR count). The van der Waals surface area contributed by atoms with E-state index in [4.69, 9.17) is 9.47 Å². The molecule has 8 heteroatoms. The van der Waals surface area contributed by atoms with Crippen LogP contribution in [0, 0.1) is 0 Å². The number of benzene rings is 2. The number of rotatable bonds is 9. The topological polar surface area (TPSA) is 56.8 Å². The molecule has 0 bridgehead atoms. The highest BCUT2D eigenvalue weighted by Gasteiger charge is 2.12. The van der Waals surface area contributed by atoms with Crippen molar-refractivity contribution in [3.63, 3.8) is 0 Å². The van der Waals surface area contributed by atoms with Crippen molar-refractivity contribution in [1.29, 1.82) is 0 Å². The first-order valence-electron chi connectivity index (χ1n) is 7.79. The molecule has 0 aliphatic rings. The van der Waals surface area contributed by atoms with E-state index in [0.717, 1.165) is 4.47 Å². The monoisotopic (exact) mass is 429 g/mol. The maximum Gasteiger partial charge on any atom is 0.387 e. The Labute approximate surface area is 158 Å². The van der Waals surface area contributed by atoms with E-state index in [1.165, 1.54) is 19.2 Å².